The summed E-state index contributed by atoms with van der Waals surface area (Å²) < 4.78 is 28.1. The minimum atomic E-state index is -0.806. The maximum Gasteiger partial charge on any atom is 0.183 e. The van der Waals surface area contributed by atoms with Crippen LogP contribution in [0.25, 0.3) is 0 Å². The number of hydrogen-bond donors (Lipinski definition) is 1. The Balaban J connectivity index is 0.000000720. The Morgan fingerprint density at radius 2 is 1.85 bits per heavy atom. The van der Waals surface area contributed by atoms with E-state index in [1.54, 1.807) is 6.07 Å². The van der Waals surface area contributed by atoms with Gasteiger partial charge in [-0.25, -0.2) is 8.78 Å². The second kappa shape index (κ2) is 5.91. The van der Waals surface area contributed by atoms with Crippen LogP contribution in [0.15, 0.2) is 17.0 Å². The molecule has 0 fully saturated rings. The molecule has 1 nitrogen and oxygen atoms in total. The first-order chi connectivity index (χ1) is 5.29. The topological polar surface area (TPSA) is 12.0 Å². The Bertz CT molecular complexity index is 311. The van der Waals surface area contributed by atoms with E-state index in [0.29, 0.717) is 0 Å². The van der Waals surface area contributed by atoms with E-state index in [9.17, 15) is 8.78 Å². The molecule has 1 aromatic rings. The summed E-state index contributed by atoms with van der Waals surface area (Å²) in [6.07, 6.45) is 0. The third kappa shape index (κ3) is 2.82. The molecule has 1 aliphatic rings. The molecule has 0 bridgehead atoms. The second-order valence-electron chi connectivity index (χ2n) is 2.00. The quantitative estimate of drug-likeness (QED) is 0.387. The monoisotopic (exact) mass is 431 g/mol. The van der Waals surface area contributed by atoms with Crippen LogP contribution in [-0.2, 0) is 0 Å². The van der Waals surface area contributed by atoms with Gasteiger partial charge in [0.2, 0.25) is 0 Å². The Morgan fingerprint density at radius 3 is 2.54 bits per heavy atom. The van der Waals surface area contributed by atoms with Gasteiger partial charge in [-0.3, -0.25) is 0 Å². The van der Waals surface area contributed by atoms with Gasteiger partial charge in [-0.2, -0.15) is 0 Å². The Labute approximate surface area is 116 Å². The molecular formula is C6H3F2NS2Sn2. The molecule has 8 radical (unpaired) electrons. The molecule has 7 heteroatoms. The molecule has 1 N–H and O–H groups in total. The van der Waals surface area contributed by atoms with Gasteiger partial charge in [0.25, 0.3) is 0 Å². The third-order valence-electron chi connectivity index (χ3n) is 1.33. The molecule has 0 atom stereocenters. The maximum atomic E-state index is 12.8. The average molecular weight is 429 g/mol. The van der Waals surface area contributed by atoms with Crippen molar-refractivity contribution in [2.24, 2.45) is 0 Å². The van der Waals surface area contributed by atoms with Gasteiger partial charge in [0, 0.05) is 63.7 Å². The van der Waals surface area contributed by atoms with Gasteiger partial charge in [0.1, 0.15) is 0 Å². The first-order valence-corrected chi connectivity index (χ1v) is 5.01. The number of nitrogens with one attached hydrogen (secondary N) is 1. The fraction of sp³-hybridized carbons (Fsp3) is 0. The minimum Gasteiger partial charge on any atom is -0.317 e. The van der Waals surface area contributed by atoms with Crippen molar-refractivity contribution in [3.63, 3.8) is 0 Å². The molecule has 1 heterocycles. The van der Waals surface area contributed by atoms with Crippen molar-refractivity contribution in [1.82, 2.24) is 0 Å². The summed E-state index contributed by atoms with van der Waals surface area (Å²) in [5.41, 5.74) is 0.264. The summed E-state index contributed by atoms with van der Waals surface area (Å²) >= 11 is 0. The molecule has 0 saturated carbocycles. The molecular weight excluding hydrogens is 426 g/mol. The molecule has 66 valence electrons. The molecule has 13 heavy (non-hydrogen) atoms. The Morgan fingerprint density at radius 1 is 1.15 bits per heavy atom. The first-order valence-electron chi connectivity index (χ1n) is 2.86. The van der Waals surface area contributed by atoms with Gasteiger partial charge >= 0.3 is 0 Å². The summed E-state index contributed by atoms with van der Waals surface area (Å²) in [6.45, 7) is 0. The molecule has 1 aliphatic heterocycles. The van der Waals surface area contributed by atoms with Crippen molar-refractivity contribution in [1.29, 1.82) is 0 Å². The van der Waals surface area contributed by atoms with Gasteiger partial charge in [0.05, 0.1) is 5.69 Å². The fourth-order valence-electron chi connectivity index (χ4n) is 0.805. The van der Waals surface area contributed by atoms with E-state index in [2.05, 4.69) is 4.72 Å². The van der Waals surface area contributed by atoms with E-state index >= 15 is 0 Å². The van der Waals surface area contributed by atoms with Crippen molar-refractivity contribution in [2.45, 2.75) is 4.90 Å². The minimum absolute atomic E-state index is 0. The van der Waals surface area contributed by atoms with Crippen molar-refractivity contribution in [2.75, 3.05) is 4.72 Å². The first kappa shape index (κ1) is 14.2. The standard InChI is InChI=1S/C6H3F2NS2.2Sn/c7-3-1-2-4-6(5(3)8)9-11-10-4;;/h1-2,9H;;. The number of anilines is 1. The van der Waals surface area contributed by atoms with Gasteiger partial charge in [0.15, 0.2) is 11.6 Å². The predicted octanol–water partition coefficient (Wildman–Crippen LogP) is 2.28. The van der Waals surface area contributed by atoms with Crippen LogP contribution in [0.5, 0.6) is 0 Å². The molecule has 0 aliphatic carbocycles. The Kier molecular flexibility index (Phi) is 6.45. The molecule has 0 aromatic heterocycles. The molecule has 0 amide bonds. The van der Waals surface area contributed by atoms with E-state index in [1.807, 2.05) is 0 Å². The van der Waals surface area contributed by atoms with Crippen LogP contribution in [0.3, 0.4) is 0 Å². The van der Waals surface area contributed by atoms with Crippen LogP contribution in [0.1, 0.15) is 0 Å². The van der Waals surface area contributed by atoms with Gasteiger partial charge in [-0.15, -0.1) is 0 Å². The van der Waals surface area contributed by atoms with Crippen LogP contribution in [0.4, 0.5) is 14.5 Å². The largest absolute Gasteiger partial charge is 0.317 e. The summed E-state index contributed by atoms with van der Waals surface area (Å²) in [5.74, 6) is -1.60. The van der Waals surface area contributed by atoms with E-state index in [0.717, 1.165) is 11.0 Å². The molecule has 0 spiro atoms. The van der Waals surface area contributed by atoms with Gasteiger partial charge in [-0.1, -0.05) is 0 Å². The third-order valence-corrected chi connectivity index (χ3v) is 3.26. The number of benzene rings is 1. The Hall–Kier alpha value is 1.18. The van der Waals surface area contributed by atoms with E-state index in [-0.39, 0.29) is 53.5 Å². The predicted molar refractivity (Wildman–Crippen MR) is 54.9 cm³/mol. The van der Waals surface area contributed by atoms with Gasteiger partial charge in [-0.05, 0) is 22.9 Å². The van der Waals surface area contributed by atoms with Crippen molar-refractivity contribution in [3.05, 3.63) is 23.8 Å². The van der Waals surface area contributed by atoms with E-state index in [1.165, 1.54) is 21.8 Å². The van der Waals surface area contributed by atoms with E-state index < -0.39 is 11.6 Å². The summed E-state index contributed by atoms with van der Waals surface area (Å²) in [4.78, 5) is 0.744. The summed E-state index contributed by atoms with van der Waals surface area (Å²) in [7, 11) is 2.68. The van der Waals surface area contributed by atoms with Crippen molar-refractivity contribution >= 4 is 75.3 Å². The summed E-state index contributed by atoms with van der Waals surface area (Å²) in [6, 6.07) is 2.69. The maximum absolute atomic E-state index is 12.8. The fourth-order valence-corrected chi connectivity index (χ4v) is 2.69. The number of hydrogen-bond acceptors (Lipinski definition) is 3. The number of fused-ring (bicyclic) bond motifs is 1. The number of halogens is 2. The van der Waals surface area contributed by atoms with Crippen LogP contribution in [0.2, 0.25) is 0 Å². The van der Waals surface area contributed by atoms with Gasteiger partial charge < -0.3 is 4.72 Å². The molecule has 0 unspecified atom stereocenters. The molecule has 2 rings (SSSR count). The second-order valence-corrected chi connectivity index (χ2v) is 3.98. The zero-order chi connectivity index (χ0) is 7.84. The van der Waals surface area contributed by atoms with Crippen LogP contribution in [0, 0.1) is 11.6 Å². The zero-order valence-electron chi connectivity index (χ0n) is 6.23. The SMILES string of the molecule is Fc1ccc2c(c1F)NSS2.[Sn].[Sn]. The molecule has 1 aromatic carbocycles. The van der Waals surface area contributed by atoms with E-state index in [4.69, 9.17) is 0 Å². The molecule has 0 saturated heterocycles. The van der Waals surface area contributed by atoms with Crippen molar-refractivity contribution < 1.29 is 8.78 Å². The van der Waals surface area contributed by atoms with Crippen molar-refractivity contribution in [3.8, 4) is 0 Å². The number of rotatable bonds is 0. The average Bonchev–Trinajstić information content (AvgIpc) is 2.45. The normalized spacial score (nSPS) is 12.2. The summed E-state index contributed by atoms with van der Waals surface area (Å²) in [5, 5.41) is 0. The zero-order valence-corrected chi connectivity index (χ0v) is 13.6. The van der Waals surface area contributed by atoms with Crippen LogP contribution < -0.4 is 4.72 Å². The van der Waals surface area contributed by atoms with Crippen LogP contribution >= 0.6 is 21.8 Å². The van der Waals surface area contributed by atoms with Crippen LogP contribution in [-0.4, -0.2) is 47.8 Å². The smallest absolute Gasteiger partial charge is 0.183 e.